The maximum absolute atomic E-state index is 13.1. The lowest BCUT2D eigenvalue weighted by atomic mass is 10.1. The number of hydrogen-bond donors (Lipinski definition) is 0. The van der Waals surface area contributed by atoms with Crippen LogP contribution < -0.4 is 0 Å². The lowest BCUT2D eigenvalue weighted by Crippen LogP contribution is -2.56. The Morgan fingerprint density at radius 3 is 2.47 bits per heavy atom. The average Bonchev–Trinajstić information content (AvgIpc) is 3.15. The standard InChI is InChI=1S/C22H38N2O4SSi/c1-20(2,3)27-19(25)24-16(15-26-22(24,7)8)17(11-12-18-23-13-14-29-18)28-30(9,10)21(4,5)6/h11-14,16-17H,15H2,1-10H3/b12-11-/t16-,17-/m1/s1. The number of carbonyl (C=O) groups excluding carboxylic acids is 1. The summed E-state index contributed by atoms with van der Waals surface area (Å²) < 4.78 is 18.5. The van der Waals surface area contributed by atoms with Crippen LogP contribution in [-0.4, -0.2) is 54.4 Å². The Bertz CT molecular complexity index is 748. The predicted molar refractivity (Wildman–Crippen MR) is 125 cm³/mol. The van der Waals surface area contributed by atoms with Gasteiger partial charge in [-0.05, 0) is 58.8 Å². The topological polar surface area (TPSA) is 60.9 Å². The lowest BCUT2D eigenvalue weighted by Gasteiger charge is -2.42. The zero-order valence-electron chi connectivity index (χ0n) is 20.1. The van der Waals surface area contributed by atoms with Crippen molar-refractivity contribution in [2.24, 2.45) is 0 Å². The van der Waals surface area contributed by atoms with E-state index in [2.05, 4.69) is 38.8 Å². The third-order valence-electron chi connectivity index (χ3n) is 5.61. The number of carbonyl (C=O) groups is 1. The fourth-order valence-corrected chi connectivity index (χ4v) is 4.81. The molecule has 1 amide bonds. The monoisotopic (exact) mass is 454 g/mol. The Hall–Kier alpha value is -1.22. The summed E-state index contributed by atoms with van der Waals surface area (Å²) in [5, 5.41) is 2.88. The van der Waals surface area contributed by atoms with Crippen molar-refractivity contribution in [2.45, 2.75) is 97.0 Å². The Balaban J connectivity index is 2.40. The highest BCUT2D eigenvalue weighted by molar-refractivity contribution is 7.10. The third-order valence-corrected chi connectivity index (χ3v) is 10.8. The summed E-state index contributed by atoms with van der Waals surface area (Å²) in [6, 6.07) is -0.291. The van der Waals surface area contributed by atoms with E-state index >= 15 is 0 Å². The normalized spacial score (nSPS) is 21.3. The van der Waals surface area contributed by atoms with Crippen molar-refractivity contribution in [1.82, 2.24) is 9.88 Å². The molecule has 2 atom stereocenters. The van der Waals surface area contributed by atoms with E-state index in [1.807, 2.05) is 52.2 Å². The summed E-state index contributed by atoms with van der Waals surface area (Å²) >= 11 is 1.57. The van der Waals surface area contributed by atoms with E-state index in [9.17, 15) is 4.79 Å². The molecular weight excluding hydrogens is 416 g/mol. The minimum atomic E-state index is -2.12. The molecule has 170 valence electrons. The molecule has 0 radical (unpaired) electrons. The molecule has 1 saturated heterocycles. The first-order valence-corrected chi connectivity index (χ1v) is 14.2. The van der Waals surface area contributed by atoms with Crippen LogP contribution in [-0.2, 0) is 13.9 Å². The molecule has 1 fully saturated rings. The predicted octanol–water partition coefficient (Wildman–Crippen LogP) is 5.92. The number of rotatable bonds is 5. The summed E-state index contributed by atoms with van der Waals surface area (Å²) in [7, 11) is -2.12. The van der Waals surface area contributed by atoms with Crippen LogP contribution in [0.2, 0.25) is 18.1 Å². The van der Waals surface area contributed by atoms with Gasteiger partial charge in [0.15, 0.2) is 8.32 Å². The van der Waals surface area contributed by atoms with E-state index in [1.165, 1.54) is 0 Å². The number of thiazole rings is 1. The molecule has 0 bridgehead atoms. The van der Waals surface area contributed by atoms with Gasteiger partial charge in [0.25, 0.3) is 0 Å². The van der Waals surface area contributed by atoms with Crippen molar-refractivity contribution in [1.29, 1.82) is 0 Å². The molecule has 0 unspecified atom stereocenters. The van der Waals surface area contributed by atoms with Gasteiger partial charge in [-0.1, -0.05) is 26.8 Å². The first-order chi connectivity index (χ1) is 13.5. The molecule has 30 heavy (non-hydrogen) atoms. The van der Waals surface area contributed by atoms with Crippen molar-refractivity contribution < 1.29 is 18.7 Å². The number of ether oxygens (including phenoxy) is 2. The number of nitrogens with zero attached hydrogens (tertiary/aromatic N) is 2. The second kappa shape index (κ2) is 8.73. The summed E-state index contributed by atoms with van der Waals surface area (Å²) in [5.41, 5.74) is -1.37. The van der Waals surface area contributed by atoms with Gasteiger partial charge in [-0.25, -0.2) is 9.78 Å². The molecule has 2 heterocycles. The van der Waals surface area contributed by atoms with Gasteiger partial charge in [0.1, 0.15) is 16.3 Å². The first kappa shape index (κ1) is 25.0. The van der Waals surface area contributed by atoms with E-state index in [-0.39, 0.29) is 23.3 Å². The highest BCUT2D eigenvalue weighted by Gasteiger charge is 2.50. The SMILES string of the molecule is CC(C)(C)OC(=O)N1[C@@H]([C@@H](/C=C\c2nccs2)O[Si](C)(C)C(C)(C)C)COC1(C)C. The molecule has 1 aromatic rings. The Morgan fingerprint density at radius 2 is 1.97 bits per heavy atom. The largest absolute Gasteiger partial charge is 0.444 e. The number of amides is 1. The van der Waals surface area contributed by atoms with Crippen LogP contribution >= 0.6 is 11.3 Å². The van der Waals surface area contributed by atoms with Crippen LogP contribution in [0.3, 0.4) is 0 Å². The fourth-order valence-electron chi connectivity index (χ4n) is 3.00. The van der Waals surface area contributed by atoms with Crippen LogP contribution in [0.5, 0.6) is 0 Å². The Morgan fingerprint density at radius 1 is 1.33 bits per heavy atom. The van der Waals surface area contributed by atoms with Crippen LogP contribution in [0.1, 0.15) is 60.4 Å². The molecule has 2 rings (SSSR count). The molecular formula is C22H38N2O4SSi. The second-order valence-electron chi connectivity index (χ2n) is 10.7. The molecule has 0 N–H and O–H groups in total. The van der Waals surface area contributed by atoms with Crippen molar-refractivity contribution in [2.75, 3.05) is 6.61 Å². The highest BCUT2D eigenvalue weighted by atomic mass is 32.1. The van der Waals surface area contributed by atoms with Gasteiger partial charge in [0.2, 0.25) is 0 Å². The molecule has 0 saturated carbocycles. The van der Waals surface area contributed by atoms with Crippen molar-refractivity contribution in [3.63, 3.8) is 0 Å². The first-order valence-electron chi connectivity index (χ1n) is 10.5. The van der Waals surface area contributed by atoms with E-state index < -0.39 is 19.6 Å². The van der Waals surface area contributed by atoms with Gasteiger partial charge >= 0.3 is 6.09 Å². The van der Waals surface area contributed by atoms with Crippen molar-refractivity contribution in [3.05, 3.63) is 22.7 Å². The minimum Gasteiger partial charge on any atom is -0.444 e. The molecule has 0 aliphatic carbocycles. The van der Waals surface area contributed by atoms with E-state index in [4.69, 9.17) is 13.9 Å². The highest BCUT2D eigenvalue weighted by Crippen LogP contribution is 2.40. The van der Waals surface area contributed by atoms with Gasteiger partial charge in [-0.2, -0.15) is 0 Å². The van der Waals surface area contributed by atoms with E-state index in [0.29, 0.717) is 6.61 Å². The summed E-state index contributed by atoms with van der Waals surface area (Å²) in [6.45, 7) is 20.8. The zero-order valence-corrected chi connectivity index (χ0v) is 21.9. The van der Waals surface area contributed by atoms with Crippen LogP contribution in [0.15, 0.2) is 17.7 Å². The zero-order chi connectivity index (χ0) is 23.0. The van der Waals surface area contributed by atoms with Crippen LogP contribution in [0, 0.1) is 0 Å². The Kier molecular flexibility index (Phi) is 7.28. The summed E-state index contributed by atoms with van der Waals surface area (Å²) in [4.78, 5) is 19.2. The molecule has 1 aliphatic rings. The summed E-state index contributed by atoms with van der Waals surface area (Å²) in [5.74, 6) is 0. The third kappa shape index (κ3) is 6.15. The van der Waals surface area contributed by atoms with Gasteiger partial charge < -0.3 is 13.9 Å². The minimum absolute atomic E-state index is 0.0337. The summed E-state index contributed by atoms with van der Waals surface area (Å²) in [6.07, 6.45) is 5.06. The van der Waals surface area contributed by atoms with Gasteiger partial charge in [0.05, 0.1) is 18.8 Å². The van der Waals surface area contributed by atoms with E-state index in [1.54, 1.807) is 22.4 Å². The van der Waals surface area contributed by atoms with Crippen LogP contribution in [0.25, 0.3) is 6.08 Å². The lowest BCUT2D eigenvalue weighted by molar-refractivity contribution is -0.0656. The van der Waals surface area contributed by atoms with E-state index in [0.717, 1.165) is 5.01 Å². The molecule has 0 spiro atoms. The molecule has 0 aromatic carbocycles. The quantitative estimate of drug-likeness (QED) is 0.517. The second-order valence-corrected chi connectivity index (χ2v) is 16.4. The van der Waals surface area contributed by atoms with Gasteiger partial charge in [-0.15, -0.1) is 11.3 Å². The smallest absolute Gasteiger partial charge is 0.413 e. The molecule has 8 heteroatoms. The Labute approximate surface area is 186 Å². The van der Waals surface area contributed by atoms with Gasteiger partial charge in [0, 0.05) is 11.6 Å². The van der Waals surface area contributed by atoms with Crippen LogP contribution in [0.4, 0.5) is 4.79 Å². The maximum atomic E-state index is 13.1. The van der Waals surface area contributed by atoms with Crippen molar-refractivity contribution >= 4 is 31.8 Å². The molecule has 6 nitrogen and oxygen atoms in total. The molecule has 1 aliphatic heterocycles. The number of aromatic nitrogens is 1. The maximum Gasteiger partial charge on any atom is 0.413 e. The van der Waals surface area contributed by atoms with Gasteiger partial charge in [-0.3, -0.25) is 4.90 Å². The molecule has 1 aromatic heterocycles. The number of hydrogen-bond acceptors (Lipinski definition) is 6. The van der Waals surface area contributed by atoms with Crippen molar-refractivity contribution in [3.8, 4) is 0 Å². The fraction of sp³-hybridized carbons (Fsp3) is 0.727. The average molecular weight is 455 g/mol.